The first kappa shape index (κ1) is 89.4. The summed E-state index contributed by atoms with van der Waals surface area (Å²) < 4.78 is 55.5. The van der Waals surface area contributed by atoms with Crippen molar-refractivity contribution < 1.29 is 35.9 Å². The van der Waals surface area contributed by atoms with Gasteiger partial charge in [-0.15, -0.1) is 18.8 Å². The molecule has 0 saturated carbocycles. The van der Waals surface area contributed by atoms with Crippen LogP contribution in [-0.4, -0.2) is 138 Å². The fourth-order valence-electron chi connectivity index (χ4n) is 12.1. The van der Waals surface area contributed by atoms with Crippen molar-refractivity contribution in [1.29, 1.82) is 0 Å². The first-order valence-electron chi connectivity index (χ1n) is 34.8. The van der Waals surface area contributed by atoms with Gasteiger partial charge in [0.25, 0.3) is 18.1 Å². The molecule has 14 nitrogen and oxygen atoms in total. The Balaban J connectivity index is 0.000000267. The van der Waals surface area contributed by atoms with Crippen molar-refractivity contribution in [2.24, 2.45) is 0 Å². The van der Waals surface area contributed by atoms with Crippen molar-refractivity contribution in [3.63, 3.8) is 0 Å². The number of ether oxygens (including phenoxy) is 2. The zero-order chi connectivity index (χ0) is 74.4. The highest BCUT2D eigenvalue weighted by molar-refractivity contribution is 8.14. The highest BCUT2D eigenvalue weighted by Crippen LogP contribution is 2.36. The summed E-state index contributed by atoms with van der Waals surface area (Å²) in [4.78, 5) is 32.0. The minimum Gasteiger partial charge on any atom is -0.359 e. The summed E-state index contributed by atoms with van der Waals surface area (Å²) in [5, 5.41) is 6.61. The lowest BCUT2D eigenvalue weighted by atomic mass is 9.96. The van der Waals surface area contributed by atoms with Gasteiger partial charge in [-0.3, -0.25) is 34.5 Å². The van der Waals surface area contributed by atoms with Gasteiger partial charge in [0.2, 0.25) is 0 Å². The SMILES string of the molecule is C.C#CC#CC#CC#CC#CC#CC#CC.Cc1ccccc1CN1CCC(=O)CC1.Cc1ccccc1CN1CCC2(CC1)NCCO2.Cc1ccccc1CN1CCC2(CC1)OCCN2Cc1ccccc1C.Cc1ccccc1S(=O)(=O)Cl.Cc1ccccc1S(=O)(=O)Cl.Cl.O=C1CCNCC1. The standard InChI is InChI=1S/C23H30N2O.C15H22N2O.C15H4.C13H17NO.2C7H7ClO2S.C5H9NO.CH4.ClH/c1-19-7-3-5-9-21(19)17-24-13-11-23(12-14-24)25(15-16-26-23)18-22-10-6-4-8-20(22)2;1-13-4-2-3-5-14(13)12-17-9-6-15(7-10-17)16-8-11-18-15;1-3-5-7-9-11-13-15-14-12-10-8-6-4-2;1-11-4-2-3-5-12(11)10-14-8-6-13(15)7-9-14;2*1-6-4-2-3-5-7(6)11(8,9)10;7-5-1-3-6-4-2-5;;/h3-10H,11-18H2,1-2H3;2-5,16H,6-12H2,1H3;1H,2H3;2-5H,6-10H2,1H3;2*2-5H,1H3;6H,1-4H2;1H4;1H. The zero-order valence-electron chi connectivity index (χ0n) is 60.9. The topological polar surface area (TPSA) is 158 Å². The number of terminal acetylenes is 1. The van der Waals surface area contributed by atoms with Gasteiger partial charge in [-0.25, -0.2) is 16.8 Å². The van der Waals surface area contributed by atoms with E-state index in [0.29, 0.717) is 22.7 Å². The van der Waals surface area contributed by atoms with E-state index >= 15 is 0 Å². The number of rotatable bonds is 10. The van der Waals surface area contributed by atoms with Crippen LogP contribution in [0.2, 0.25) is 0 Å². The zero-order valence-corrected chi connectivity index (χ0v) is 64.9. The van der Waals surface area contributed by atoms with Crippen molar-refractivity contribution in [2.45, 2.75) is 155 Å². The molecule has 0 bridgehead atoms. The van der Waals surface area contributed by atoms with Crippen molar-refractivity contribution >= 4 is 63.4 Å². The maximum atomic E-state index is 11.1. The summed E-state index contributed by atoms with van der Waals surface area (Å²) in [5.74, 6) is 32.7. The second-order valence-electron chi connectivity index (χ2n) is 25.5. The van der Waals surface area contributed by atoms with Crippen molar-refractivity contribution in [3.05, 3.63) is 201 Å². The summed E-state index contributed by atoms with van der Waals surface area (Å²) in [6.07, 6.45) is 12.2. The normalized spacial score (nSPS) is 16.2. The van der Waals surface area contributed by atoms with Gasteiger partial charge in [0.15, 0.2) is 0 Å². The number of halogens is 3. The molecule has 6 aromatic carbocycles. The molecule has 105 heavy (non-hydrogen) atoms. The third-order valence-electron chi connectivity index (χ3n) is 18.2. The van der Waals surface area contributed by atoms with Gasteiger partial charge in [-0.1, -0.05) is 147 Å². The van der Waals surface area contributed by atoms with E-state index in [1.54, 1.807) is 57.2 Å². The van der Waals surface area contributed by atoms with Crippen LogP contribution in [0.15, 0.2) is 155 Å². The Bertz CT molecular complexity index is 4370. The summed E-state index contributed by atoms with van der Waals surface area (Å²) in [7, 11) is 3.15. The molecule has 0 amide bonds. The number of carbonyl (C=O) groups is 2. The number of carbonyl (C=O) groups excluding carboxylic acids is 2. The van der Waals surface area contributed by atoms with Crippen LogP contribution in [0, 0.1) is 125 Å². The lowest BCUT2D eigenvalue weighted by molar-refractivity contribution is -0.123. The van der Waals surface area contributed by atoms with E-state index in [4.69, 9.17) is 37.3 Å². The molecule has 19 heteroatoms. The van der Waals surface area contributed by atoms with Crippen LogP contribution in [0.5, 0.6) is 0 Å². The fourth-order valence-corrected chi connectivity index (χ4v) is 14.6. The highest BCUT2D eigenvalue weighted by atomic mass is 35.7. The molecule has 12 rings (SSSR count). The molecular formula is C86H101Cl3N6O8S2. The van der Waals surface area contributed by atoms with Gasteiger partial charge in [-0.2, -0.15) is 0 Å². The number of likely N-dealkylation sites (tertiary alicyclic amines) is 3. The van der Waals surface area contributed by atoms with Gasteiger partial charge in [0.1, 0.15) is 23.0 Å². The number of aryl methyl sites for hydroxylation is 6. The van der Waals surface area contributed by atoms with Gasteiger partial charge in [0, 0.05) is 164 Å². The average molecular weight is 1520 g/mol. The van der Waals surface area contributed by atoms with Crippen LogP contribution in [0.4, 0.5) is 0 Å². The van der Waals surface area contributed by atoms with Crippen molar-refractivity contribution in [1.82, 2.24) is 30.2 Å². The Morgan fingerprint density at radius 3 is 1.10 bits per heavy atom. The van der Waals surface area contributed by atoms with Gasteiger partial charge in [-0.05, 0) is 187 Å². The molecular weight excluding hydrogens is 1420 g/mol. The maximum absolute atomic E-state index is 11.1. The lowest BCUT2D eigenvalue weighted by Gasteiger charge is -2.44. The fraction of sp³-hybridized carbons (Fsp3) is 0.395. The molecule has 2 N–H and O–H groups in total. The quantitative estimate of drug-likeness (QED) is 0.0986. The molecule has 2 spiro atoms. The molecule has 6 aromatic rings. The number of ketones is 2. The van der Waals surface area contributed by atoms with Gasteiger partial charge >= 0.3 is 0 Å². The molecule has 6 heterocycles. The number of nitrogens with zero attached hydrogens (tertiary/aromatic N) is 4. The second kappa shape index (κ2) is 47.6. The van der Waals surface area contributed by atoms with Crippen molar-refractivity contribution in [2.75, 3.05) is 78.7 Å². The van der Waals surface area contributed by atoms with E-state index < -0.39 is 18.1 Å². The van der Waals surface area contributed by atoms with E-state index in [0.717, 1.165) is 156 Å². The second-order valence-corrected chi connectivity index (χ2v) is 30.6. The molecule has 0 atom stereocenters. The number of hydrogen-bond donors (Lipinski definition) is 2. The Hall–Kier alpha value is -7.97. The molecule has 6 saturated heterocycles. The maximum Gasteiger partial charge on any atom is 0.261 e. The van der Waals surface area contributed by atoms with Crippen LogP contribution in [0.25, 0.3) is 0 Å². The smallest absolute Gasteiger partial charge is 0.261 e. The van der Waals surface area contributed by atoms with Gasteiger partial charge < -0.3 is 14.8 Å². The largest absolute Gasteiger partial charge is 0.359 e. The van der Waals surface area contributed by atoms with Crippen LogP contribution in [-0.2, 0) is 63.3 Å². The van der Waals surface area contributed by atoms with Crippen molar-refractivity contribution in [3.8, 4) is 83.4 Å². The first-order chi connectivity index (χ1) is 49.5. The molecule has 6 fully saturated rings. The summed E-state index contributed by atoms with van der Waals surface area (Å²) in [6.45, 7) is 29.9. The predicted octanol–water partition coefficient (Wildman–Crippen LogP) is 13.7. The van der Waals surface area contributed by atoms with Crippen LogP contribution in [0.1, 0.15) is 121 Å². The molecule has 556 valence electrons. The molecule has 0 radical (unpaired) electrons. The third kappa shape index (κ3) is 32.3. The molecule has 0 unspecified atom stereocenters. The predicted molar refractivity (Wildman–Crippen MR) is 430 cm³/mol. The molecule has 6 aliphatic heterocycles. The van der Waals surface area contributed by atoms with E-state index in [2.05, 4.69) is 232 Å². The van der Waals surface area contributed by atoms with E-state index in [1.165, 1.54) is 56.6 Å². The molecule has 6 aliphatic rings. The minimum absolute atomic E-state index is 0. The lowest BCUT2D eigenvalue weighted by Crippen LogP contribution is -2.52. The van der Waals surface area contributed by atoms with E-state index in [-0.39, 0.29) is 41.1 Å². The number of benzene rings is 6. The van der Waals surface area contributed by atoms with E-state index in [9.17, 15) is 26.4 Å². The number of hydrogen-bond acceptors (Lipinski definition) is 14. The average Bonchev–Trinajstić information content (AvgIpc) is 1.67. The summed E-state index contributed by atoms with van der Waals surface area (Å²) in [5.41, 5.74) is 12.5. The Morgan fingerprint density at radius 2 is 0.771 bits per heavy atom. The monoisotopic (exact) mass is 1510 g/mol. The summed E-state index contributed by atoms with van der Waals surface area (Å²) in [6, 6.07) is 47.8. The number of nitrogens with one attached hydrogen (secondary N) is 2. The minimum atomic E-state index is -3.56. The molecule has 0 aliphatic carbocycles. The first-order valence-corrected chi connectivity index (χ1v) is 39.4. The third-order valence-corrected chi connectivity index (χ3v) is 21.2. The van der Waals surface area contributed by atoms with Crippen LogP contribution >= 0.6 is 33.8 Å². The van der Waals surface area contributed by atoms with E-state index in [1.807, 2.05) is 0 Å². The Morgan fingerprint density at radius 1 is 0.429 bits per heavy atom. The van der Waals surface area contributed by atoms with Crippen LogP contribution < -0.4 is 10.6 Å². The Kier molecular flexibility index (Phi) is 40.5. The number of Topliss-reactive ketones (excluding diaryl/α,β-unsaturated/α-hetero) is 2. The highest BCUT2D eigenvalue weighted by Gasteiger charge is 2.44. The van der Waals surface area contributed by atoms with Gasteiger partial charge in [0.05, 0.1) is 23.0 Å². The summed E-state index contributed by atoms with van der Waals surface area (Å²) >= 11 is 0. The van der Waals surface area contributed by atoms with Crippen LogP contribution in [0.3, 0.4) is 0 Å². The number of piperidine rings is 4. The molecule has 0 aromatic heterocycles. The Labute approximate surface area is 643 Å².